The Kier molecular flexibility index (Phi) is 6.39. The van der Waals surface area contributed by atoms with Crippen LogP contribution in [0.4, 0.5) is 17.1 Å². The molecule has 0 bridgehead atoms. The monoisotopic (exact) mass is 643 g/mol. The molecular formula is C46H29NOS. The van der Waals surface area contributed by atoms with Gasteiger partial charge in [0.25, 0.3) is 0 Å². The highest BCUT2D eigenvalue weighted by Crippen LogP contribution is 2.45. The molecule has 3 heteroatoms. The molecule has 0 spiro atoms. The van der Waals surface area contributed by atoms with E-state index >= 15 is 0 Å². The van der Waals surface area contributed by atoms with Gasteiger partial charge in [-0.3, -0.25) is 0 Å². The molecule has 0 N–H and O–H groups in total. The van der Waals surface area contributed by atoms with Gasteiger partial charge in [-0.1, -0.05) is 115 Å². The molecule has 2 heterocycles. The van der Waals surface area contributed by atoms with Crippen molar-refractivity contribution in [3.63, 3.8) is 0 Å². The van der Waals surface area contributed by atoms with Crippen LogP contribution in [0.1, 0.15) is 0 Å². The average molecular weight is 644 g/mol. The van der Waals surface area contributed by atoms with Crippen LogP contribution in [0.25, 0.3) is 75.1 Å². The standard InChI is InChI=1S/C46H29NOS/c1-3-11-30(12-4-1)37-17-9-10-18-38(37)31-19-21-35(22-20-31)47(34-15-5-2-6-16-34)36-23-24-40-44(29-36)49-43-26-25-39-41-27-32-13-7-8-14-33(32)28-42(41)48-46(39)45(40)43/h1-29H. The maximum Gasteiger partial charge on any atom is 0.144 e. The molecule has 0 unspecified atom stereocenters. The SMILES string of the molecule is c1ccc(-c2ccccc2-c2ccc(N(c3ccccc3)c3ccc4c(c3)sc3ccc5c6cc7ccccc7cc6oc5c34)cc2)cc1. The number of benzene rings is 8. The zero-order valence-corrected chi connectivity index (χ0v) is 27.3. The zero-order valence-electron chi connectivity index (χ0n) is 26.5. The fraction of sp³-hybridized carbons (Fsp3) is 0. The molecule has 0 saturated carbocycles. The molecule has 0 saturated heterocycles. The summed E-state index contributed by atoms with van der Waals surface area (Å²) < 4.78 is 9.11. The lowest BCUT2D eigenvalue weighted by molar-refractivity contribution is 0.673. The van der Waals surface area contributed by atoms with E-state index in [0.717, 1.165) is 39.0 Å². The van der Waals surface area contributed by atoms with E-state index in [1.807, 2.05) is 11.3 Å². The van der Waals surface area contributed by atoms with Gasteiger partial charge in [0.15, 0.2) is 0 Å². The van der Waals surface area contributed by atoms with Gasteiger partial charge < -0.3 is 9.32 Å². The number of furan rings is 1. The molecule has 49 heavy (non-hydrogen) atoms. The second-order valence-electron chi connectivity index (χ2n) is 12.5. The fourth-order valence-electron chi connectivity index (χ4n) is 7.33. The summed E-state index contributed by atoms with van der Waals surface area (Å²) in [6.07, 6.45) is 0. The summed E-state index contributed by atoms with van der Waals surface area (Å²) in [6.45, 7) is 0. The molecule has 10 aromatic rings. The molecule has 2 aromatic heterocycles. The Morgan fingerprint density at radius 3 is 1.76 bits per heavy atom. The smallest absolute Gasteiger partial charge is 0.144 e. The predicted molar refractivity (Wildman–Crippen MR) is 210 cm³/mol. The van der Waals surface area contributed by atoms with Gasteiger partial charge in [0.05, 0.1) is 0 Å². The minimum atomic E-state index is 0.933. The molecule has 0 aliphatic rings. The Hall–Kier alpha value is -6.16. The van der Waals surface area contributed by atoms with Crippen LogP contribution in [0.3, 0.4) is 0 Å². The van der Waals surface area contributed by atoms with Crippen molar-refractivity contribution in [3.05, 3.63) is 176 Å². The number of fused-ring (bicyclic) bond motifs is 8. The van der Waals surface area contributed by atoms with Crippen LogP contribution in [0.5, 0.6) is 0 Å². The van der Waals surface area contributed by atoms with Crippen molar-refractivity contribution < 1.29 is 4.42 Å². The third kappa shape index (κ3) is 4.62. The van der Waals surface area contributed by atoms with Crippen molar-refractivity contribution in [2.75, 3.05) is 4.90 Å². The summed E-state index contributed by atoms with van der Waals surface area (Å²) in [7, 11) is 0. The fourth-order valence-corrected chi connectivity index (χ4v) is 8.46. The number of rotatable bonds is 5. The molecule has 8 aromatic carbocycles. The molecule has 0 atom stereocenters. The van der Waals surface area contributed by atoms with E-state index in [0.29, 0.717) is 0 Å². The van der Waals surface area contributed by atoms with E-state index in [1.54, 1.807) is 0 Å². The quantitative estimate of drug-likeness (QED) is 0.186. The molecule has 230 valence electrons. The second-order valence-corrected chi connectivity index (χ2v) is 13.6. The van der Waals surface area contributed by atoms with Crippen molar-refractivity contribution in [1.29, 1.82) is 0 Å². The Labute approximate surface area is 287 Å². The first-order valence-corrected chi connectivity index (χ1v) is 17.4. The minimum Gasteiger partial charge on any atom is -0.455 e. The topological polar surface area (TPSA) is 16.4 Å². The number of hydrogen-bond donors (Lipinski definition) is 0. The number of thiophene rings is 1. The molecule has 10 rings (SSSR count). The van der Waals surface area contributed by atoms with Crippen LogP contribution in [0.15, 0.2) is 180 Å². The molecule has 0 fully saturated rings. The first-order chi connectivity index (χ1) is 24.3. The van der Waals surface area contributed by atoms with E-state index in [4.69, 9.17) is 4.42 Å². The number of nitrogens with zero attached hydrogens (tertiary/aromatic N) is 1. The van der Waals surface area contributed by atoms with Crippen LogP contribution >= 0.6 is 11.3 Å². The lowest BCUT2D eigenvalue weighted by atomic mass is 9.94. The van der Waals surface area contributed by atoms with Crippen LogP contribution in [0, 0.1) is 0 Å². The van der Waals surface area contributed by atoms with Gasteiger partial charge in [0.1, 0.15) is 11.2 Å². The van der Waals surface area contributed by atoms with Gasteiger partial charge in [0.2, 0.25) is 0 Å². The van der Waals surface area contributed by atoms with E-state index in [-0.39, 0.29) is 0 Å². The molecular weight excluding hydrogens is 615 g/mol. The Morgan fingerprint density at radius 2 is 1.00 bits per heavy atom. The molecule has 0 aliphatic carbocycles. The normalized spacial score (nSPS) is 11.7. The first-order valence-electron chi connectivity index (χ1n) is 16.6. The Bertz CT molecular complexity index is 2810. The van der Waals surface area contributed by atoms with E-state index < -0.39 is 0 Å². The van der Waals surface area contributed by atoms with Crippen molar-refractivity contribution in [2.45, 2.75) is 0 Å². The van der Waals surface area contributed by atoms with Crippen LogP contribution in [-0.4, -0.2) is 0 Å². The maximum atomic E-state index is 6.64. The summed E-state index contributed by atoms with van der Waals surface area (Å²) in [4.78, 5) is 2.35. The predicted octanol–water partition coefficient (Wildman–Crippen LogP) is 13.9. The largest absolute Gasteiger partial charge is 0.455 e. The molecule has 0 radical (unpaired) electrons. The summed E-state index contributed by atoms with van der Waals surface area (Å²) in [6, 6.07) is 63.1. The lowest BCUT2D eigenvalue weighted by Gasteiger charge is -2.26. The summed E-state index contributed by atoms with van der Waals surface area (Å²) in [5.41, 5.74) is 10.1. The summed E-state index contributed by atoms with van der Waals surface area (Å²) in [5, 5.41) is 7.16. The van der Waals surface area contributed by atoms with Crippen LogP contribution in [0.2, 0.25) is 0 Å². The Morgan fingerprint density at radius 1 is 0.408 bits per heavy atom. The highest BCUT2D eigenvalue weighted by Gasteiger charge is 2.18. The van der Waals surface area contributed by atoms with Crippen molar-refractivity contribution in [2.24, 2.45) is 0 Å². The van der Waals surface area contributed by atoms with Gasteiger partial charge in [-0.25, -0.2) is 0 Å². The van der Waals surface area contributed by atoms with Crippen molar-refractivity contribution in [1.82, 2.24) is 0 Å². The van der Waals surface area contributed by atoms with E-state index in [2.05, 4.69) is 181 Å². The van der Waals surface area contributed by atoms with Gasteiger partial charge in [-0.05, 0) is 93.7 Å². The van der Waals surface area contributed by atoms with Gasteiger partial charge >= 0.3 is 0 Å². The van der Waals surface area contributed by atoms with Crippen LogP contribution in [-0.2, 0) is 0 Å². The van der Waals surface area contributed by atoms with Crippen molar-refractivity contribution >= 4 is 81.3 Å². The lowest BCUT2D eigenvalue weighted by Crippen LogP contribution is -2.09. The number of anilines is 3. The minimum absolute atomic E-state index is 0.933. The highest BCUT2D eigenvalue weighted by atomic mass is 32.1. The second kappa shape index (κ2) is 11.2. The highest BCUT2D eigenvalue weighted by molar-refractivity contribution is 7.26. The van der Waals surface area contributed by atoms with E-state index in [9.17, 15) is 0 Å². The van der Waals surface area contributed by atoms with Gasteiger partial charge in [0, 0.05) is 48.0 Å². The average Bonchev–Trinajstić information content (AvgIpc) is 3.72. The first kappa shape index (κ1) is 27.9. The molecule has 0 aliphatic heterocycles. The van der Waals surface area contributed by atoms with Crippen LogP contribution < -0.4 is 4.90 Å². The third-order valence-electron chi connectivity index (χ3n) is 9.64. The molecule has 2 nitrogen and oxygen atoms in total. The third-order valence-corrected chi connectivity index (χ3v) is 10.8. The maximum absolute atomic E-state index is 6.64. The summed E-state index contributed by atoms with van der Waals surface area (Å²) >= 11 is 1.82. The van der Waals surface area contributed by atoms with Gasteiger partial charge in [-0.15, -0.1) is 11.3 Å². The van der Waals surface area contributed by atoms with Crippen molar-refractivity contribution in [3.8, 4) is 22.3 Å². The number of para-hydroxylation sites is 1. The Balaban J connectivity index is 1.09. The summed E-state index contributed by atoms with van der Waals surface area (Å²) in [5.74, 6) is 0. The number of hydrogen-bond acceptors (Lipinski definition) is 3. The zero-order chi connectivity index (χ0) is 32.3. The molecule has 0 amide bonds. The van der Waals surface area contributed by atoms with Gasteiger partial charge in [-0.2, -0.15) is 0 Å². The van der Waals surface area contributed by atoms with E-state index in [1.165, 1.54) is 53.2 Å².